The molecule has 0 N–H and O–H groups in total. The van der Waals surface area contributed by atoms with Crippen molar-refractivity contribution in [2.24, 2.45) is 7.05 Å². The predicted octanol–water partition coefficient (Wildman–Crippen LogP) is 5.05. The maximum Gasteiger partial charge on any atom is 0.357 e. The lowest BCUT2D eigenvalue weighted by Gasteiger charge is -2.07. The molecule has 2 heterocycles. The summed E-state index contributed by atoms with van der Waals surface area (Å²) in [5, 5.41) is 2.42. The molecule has 2 aromatic heterocycles. The van der Waals surface area contributed by atoms with Crippen LogP contribution >= 0.6 is 11.3 Å². The van der Waals surface area contributed by atoms with E-state index in [0.717, 1.165) is 28.3 Å². The largest absolute Gasteiger partial charge is 0.461 e. The minimum absolute atomic E-state index is 0.313. The van der Waals surface area contributed by atoms with Crippen LogP contribution in [0.1, 0.15) is 17.4 Å². The summed E-state index contributed by atoms with van der Waals surface area (Å²) in [6.07, 6.45) is 0. The van der Waals surface area contributed by atoms with Crippen LogP contribution in [-0.4, -0.2) is 27.1 Å². The molecule has 0 fully saturated rings. The highest BCUT2D eigenvalue weighted by molar-refractivity contribution is 7.13. The van der Waals surface area contributed by atoms with E-state index in [2.05, 4.69) is 21.7 Å². The molecule has 140 valence electrons. The molecule has 2 aromatic carbocycles. The van der Waals surface area contributed by atoms with Gasteiger partial charge < -0.3 is 9.30 Å². The quantitative estimate of drug-likeness (QED) is 0.448. The van der Waals surface area contributed by atoms with Gasteiger partial charge >= 0.3 is 5.97 Å². The van der Waals surface area contributed by atoms with Gasteiger partial charge in [0.15, 0.2) is 5.69 Å². The Bertz CT molecular complexity index is 1100. The molecule has 0 amide bonds. The number of esters is 1. The molecular formula is C22H19N3O2S. The first-order valence-corrected chi connectivity index (χ1v) is 9.87. The van der Waals surface area contributed by atoms with E-state index in [0.29, 0.717) is 17.3 Å². The second-order valence-electron chi connectivity index (χ2n) is 6.18. The van der Waals surface area contributed by atoms with Gasteiger partial charge in [0.2, 0.25) is 0 Å². The van der Waals surface area contributed by atoms with Gasteiger partial charge in [0.25, 0.3) is 0 Å². The second kappa shape index (κ2) is 7.78. The van der Waals surface area contributed by atoms with E-state index >= 15 is 0 Å². The van der Waals surface area contributed by atoms with Crippen LogP contribution < -0.4 is 0 Å². The van der Waals surface area contributed by atoms with Crippen LogP contribution in [0.3, 0.4) is 0 Å². The van der Waals surface area contributed by atoms with Gasteiger partial charge in [-0.05, 0) is 6.92 Å². The number of rotatable bonds is 5. The van der Waals surface area contributed by atoms with Crippen molar-refractivity contribution in [3.8, 4) is 33.3 Å². The van der Waals surface area contributed by atoms with Crippen LogP contribution in [0.2, 0.25) is 0 Å². The first-order valence-electron chi connectivity index (χ1n) is 8.99. The van der Waals surface area contributed by atoms with E-state index in [-0.39, 0.29) is 0 Å². The number of nitrogens with zero attached hydrogens (tertiary/aromatic N) is 3. The maximum atomic E-state index is 12.0. The van der Waals surface area contributed by atoms with Gasteiger partial charge in [0.05, 0.1) is 12.3 Å². The second-order valence-corrected chi connectivity index (χ2v) is 7.04. The Balaban J connectivity index is 1.88. The average molecular weight is 389 g/mol. The summed E-state index contributed by atoms with van der Waals surface area (Å²) in [5.74, 6) is 0.438. The van der Waals surface area contributed by atoms with Crippen molar-refractivity contribution in [1.82, 2.24) is 14.5 Å². The zero-order valence-electron chi connectivity index (χ0n) is 15.6. The zero-order valence-corrected chi connectivity index (χ0v) is 16.4. The maximum absolute atomic E-state index is 12.0. The molecule has 5 nitrogen and oxygen atoms in total. The third-order valence-corrected chi connectivity index (χ3v) is 5.21. The fraction of sp³-hybridized carbons (Fsp3) is 0.136. The lowest BCUT2D eigenvalue weighted by Crippen LogP contribution is -2.04. The number of thiazole rings is 1. The molecule has 0 aliphatic rings. The monoisotopic (exact) mass is 389 g/mol. The van der Waals surface area contributed by atoms with Gasteiger partial charge in [-0.15, -0.1) is 11.3 Å². The topological polar surface area (TPSA) is 57.0 Å². The molecule has 0 aliphatic carbocycles. The van der Waals surface area contributed by atoms with E-state index in [1.807, 2.05) is 55.6 Å². The summed E-state index contributed by atoms with van der Waals surface area (Å²) in [6.45, 7) is 2.10. The Kier molecular flexibility index (Phi) is 5.04. The predicted molar refractivity (Wildman–Crippen MR) is 111 cm³/mol. The minimum atomic E-state index is -0.412. The summed E-state index contributed by atoms with van der Waals surface area (Å²) >= 11 is 1.40. The van der Waals surface area contributed by atoms with Gasteiger partial charge in [0.1, 0.15) is 16.5 Å². The number of aromatic nitrogens is 3. The standard InChI is InChI=1S/C22H19N3O2S/c1-3-27-22(26)17-14-28-21(23-17)18-19(15-10-6-4-7-11-15)25(2)20(24-18)16-12-8-5-9-13-16/h4-14H,3H2,1-2H3. The molecule has 28 heavy (non-hydrogen) atoms. The molecule has 6 heteroatoms. The molecular weight excluding hydrogens is 370 g/mol. The Morgan fingerprint density at radius 3 is 2.29 bits per heavy atom. The molecule has 4 aromatic rings. The van der Waals surface area contributed by atoms with Crippen molar-refractivity contribution >= 4 is 17.3 Å². The number of hydrogen-bond acceptors (Lipinski definition) is 5. The van der Waals surface area contributed by atoms with Crippen LogP contribution in [-0.2, 0) is 11.8 Å². The smallest absolute Gasteiger partial charge is 0.357 e. The molecule has 0 radical (unpaired) electrons. The minimum Gasteiger partial charge on any atom is -0.461 e. The number of hydrogen-bond donors (Lipinski definition) is 0. The van der Waals surface area contributed by atoms with Crippen molar-refractivity contribution in [2.45, 2.75) is 6.92 Å². The fourth-order valence-electron chi connectivity index (χ4n) is 3.10. The molecule has 0 spiro atoms. The highest BCUT2D eigenvalue weighted by atomic mass is 32.1. The number of benzene rings is 2. The summed E-state index contributed by atoms with van der Waals surface area (Å²) < 4.78 is 7.14. The highest BCUT2D eigenvalue weighted by Gasteiger charge is 2.22. The van der Waals surface area contributed by atoms with Crippen LogP contribution in [0.25, 0.3) is 33.3 Å². The van der Waals surface area contributed by atoms with Crippen LogP contribution in [0.15, 0.2) is 66.0 Å². The lowest BCUT2D eigenvalue weighted by atomic mass is 10.1. The molecule has 0 aliphatic heterocycles. The summed E-state index contributed by atoms with van der Waals surface area (Å²) in [5.41, 5.74) is 4.10. The zero-order chi connectivity index (χ0) is 19.5. The lowest BCUT2D eigenvalue weighted by molar-refractivity contribution is 0.0520. The van der Waals surface area contributed by atoms with E-state index < -0.39 is 5.97 Å². The van der Waals surface area contributed by atoms with E-state index in [4.69, 9.17) is 9.72 Å². The third kappa shape index (κ3) is 3.34. The number of carbonyl (C=O) groups excluding carboxylic acids is 1. The fourth-order valence-corrected chi connectivity index (χ4v) is 3.88. The Morgan fingerprint density at radius 2 is 1.64 bits per heavy atom. The van der Waals surface area contributed by atoms with Gasteiger partial charge in [-0.25, -0.2) is 14.8 Å². The molecule has 0 unspecified atom stereocenters. The van der Waals surface area contributed by atoms with Crippen molar-refractivity contribution in [3.05, 3.63) is 71.7 Å². The number of imidazole rings is 1. The molecule has 0 saturated heterocycles. The summed E-state index contributed by atoms with van der Waals surface area (Å²) in [4.78, 5) is 21.4. The van der Waals surface area contributed by atoms with Gasteiger partial charge in [-0.3, -0.25) is 0 Å². The number of carbonyl (C=O) groups is 1. The van der Waals surface area contributed by atoms with Crippen molar-refractivity contribution in [3.63, 3.8) is 0 Å². The highest BCUT2D eigenvalue weighted by Crippen LogP contribution is 2.36. The van der Waals surface area contributed by atoms with Gasteiger partial charge in [-0.2, -0.15) is 0 Å². The summed E-state index contributed by atoms with van der Waals surface area (Å²) in [7, 11) is 2.00. The SMILES string of the molecule is CCOC(=O)c1csc(-c2nc(-c3ccccc3)n(C)c2-c2ccccc2)n1. The van der Waals surface area contributed by atoms with Crippen molar-refractivity contribution < 1.29 is 9.53 Å². The van der Waals surface area contributed by atoms with Gasteiger partial charge in [-0.1, -0.05) is 60.7 Å². The molecule has 0 saturated carbocycles. The first-order chi connectivity index (χ1) is 13.7. The number of ether oxygens (including phenoxy) is 1. The van der Waals surface area contributed by atoms with E-state index in [1.165, 1.54) is 11.3 Å². The molecule has 0 atom stereocenters. The van der Waals surface area contributed by atoms with Gasteiger partial charge in [0, 0.05) is 23.6 Å². The van der Waals surface area contributed by atoms with Crippen LogP contribution in [0.5, 0.6) is 0 Å². The van der Waals surface area contributed by atoms with Crippen molar-refractivity contribution in [1.29, 1.82) is 0 Å². The van der Waals surface area contributed by atoms with E-state index in [1.54, 1.807) is 12.3 Å². The van der Waals surface area contributed by atoms with E-state index in [9.17, 15) is 4.79 Å². The Hall–Kier alpha value is -3.25. The average Bonchev–Trinajstić information content (AvgIpc) is 3.34. The van der Waals surface area contributed by atoms with Crippen molar-refractivity contribution in [2.75, 3.05) is 6.61 Å². The van der Waals surface area contributed by atoms with Crippen LogP contribution in [0, 0.1) is 0 Å². The Morgan fingerprint density at radius 1 is 1.00 bits per heavy atom. The normalized spacial score (nSPS) is 10.8. The summed E-state index contributed by atoms with van der Waals surface area (Å²) in [6, 6.07) is 20.1. The third-order valence-electron chi connectivity index (χ3n) is 4.37. The van der Waals surface area contributed by atoms with Crippen LogP contribution in [0.4, 0.5) is 0 Å². The Labute approximate surface area is 167 Å². The molecule has 4 rings (SSSR count). The molecule has 0 bridgehead atoms. The first kappa shape index (κ1) is 18.1.